The Kier molecular flexibility index (Phi) is 5.29. The number of amides is 1. The normalized spacial score (nSPS) is 16.1. The lowest BCUT2D eigenvalue weighted by Gasteiger charge is -2.19. The van der Waals surface area contributed by atoms with Crippen molar-refractivity contribution in [2.75, 3.05) is 0 Å². The predicted molar refractivity (Wildman–Crippen MR) is 39.6 cm³/mol. The van der Waals surface area contributed by atoms with Gasteiger partial charge in [0.25, 0.3) is 0 Å². The van der Waals surface area contributed by atoms with E-state index in [-0.39, 0.29) is 12.4 Å². The topological polar surface area (TPSA) is 69.1 Å². The molecule has 0 rings (SSSR count). The molecule has 0 fully saturated rings. The van der Waals surface area contributed by atoms with Gasteiger partial charge in [-0.05, 0) is 6.92 Å². The van der Waals surface area contributed by atoms with Crippen molar-refractivity contribution in [3.63, 3.8) is 0 Å². The molecule has 3 nitrogen and oxygen atoms in total. The van der Waals surface area contributed by atoms with Crippen molar-refractivity contribution < 1.29 is 18.0 Å². The van der Waals surface area contributed by atoms with E-state index in [2.05, 4.69) is 5.73 Å². The second-order valence-corrected chi connectivity index (χ2v) is 2.28. The fraction of sp³-hybridized carbons (Fsp3) is 0.800. The molecule has 0 spiro atoms. The van der Waals surface area contributed by atoms with Gasteiger partial charge >= 0.3 is 6.18 Å². The van der Waals surface area contributed by atoms with Crippen LogP contribution in [0.15, 0.2) is 0 Å². The number of alkyl halides is 3. The number of carbonyl (C=O) groups excluding carboxylic acids is 1. The highest BCUT2D eigenvalue weighted by molar-refractivity contribution is 5.85. The van der Waals surface area contributed by atoms with Crippen LogP contribution in [0.1, 0.15) is 6.92 Å². The highest BCUT2D eigenvalue weighted by Gasteiger charge is 2.45. The highest BCUT2D eigenvalue weighted by Crippen LogP contribution is 2.27. The summed E-state index contributed by atoms with van der Waals surface area (Å²) in [5.74, 6) is -3.69. The summed E-state index contributed by atoms with van der Waals surface area (Å²) >= 11 is 0. The van der Waals surface area contributed by atoms with Crippen molar-refractivity contribution in [2.45, 2.75) is 19.1 Å². The van der Waals surface area contributed by atoms with E-state index in [4.69, 9.17) is 5.73 Å². The quantitative estimate of drug-likeness (QED) is 0.688. The average Bonchev–Trinajstić information content (AvgIpc) is 1.54. The number of primary amides is 1. The Labute approximate surface area is 73.7 Å². The molecule has 0 saturated heterocycles. The number of rotatable bonds is 2. The lowest BCUT2D eigenvalue weighted by atomic mass is 10.0. The van der Waals surface area contributed by atoms with E-state index in [1.54, 1.807) is 0 Å². The molecule has 74 valence electrons. The number of hydrogen-bond donors (Lipinski definition) is 2. The summed E-state index contributed by atoms with van der Waals surface area (Å²) in [5.41, 5.74) is 9.39. The van der Waals surface area contributed by atoms with Crippen molar-refractivity contribution >= 4 is 18.3 Å². The summed E-state index contributed by atoms with van der Waals surface area (Å²) in [7, 11) is 0. The molecule has 0 aromatic heterocycles. The Hall–Kier alpha value is -0.490. The molecule has 0 bridgehead atoms. The molecule has 0 aromatic rings. The SMILES string of the molecule is CC(N)C(C(N)=O)C(F)(F)F.Cl. The lowest BCUT2D eigenvalue weighted by Crippen LogP contribution is -2.46. The van der Waals surface area contributed by atoms with Gasteiger partial charge in [0.2, 0.25) is 5.91 Å². The van der Waals surface area contributed by atoms with E-state index >= 15 is 0 Å². The fourth-order valence-corrected chi connectivity index (χ4v) is 0.719. The first-order valence-electron chi connectivity index (χ1n) is 2.88. The molecule has 12 heavy (non-hydrogen) atoms. The summed E-state index contributed by atoms with van der Waals surface area (Å²) < 4.78 is 35.5. The molecule has 2 unspecified atom stereocenters. The predicted octanol–water partition coefficient (Wildman–Crippen LogP) is 0.419. The first-order valence-corrected chi connectivity index (χ1v) is 2.88. The summed E-state index contributed by atoms with van der Waals surface area (Å²) in [6, 6.07) is -1.30. The smallest absolute Gasteiger partial charge is 0.369 e. The van der Waals surface area contributed by atoms with Gasteiger partial charge in [-0.3, -0.25) is 4.79 Å². The molecular formula is C5H10ClF3N2O. The summed E-state index contributed by atoms with van der Waals surface area (Å²) in [6.45, 7) is 1.09. The largest absolute Gasteiger partial charge is 0.401 e. The first kappa shape index (κ1) is 14.1. The Morgan fingerprint density at radius 2 is 1.75 bits per heavy atom. The number of hydrogen-bond acceptors (Lipinski definition) is 2. The number of carbonyl (C=O) groups is 1. The van der Waals surface area contributed by atoms with Crippen molar-refractivity contribution in [3.8, 4) is 0 Å². The van der Waals surface area contributed by atoms with Crippen LogP contribution in [-0.4, -0.2) is 18.1 Å². The van der Waals surface area contributed by atoms with Crippen LogP contribution < -0.4 is 11.5 Å². The lowest BCUT2D eigenvalue weighted by molar-refractivity contribution is -0.183. The van der Waals surface area contributed by atoms with E-state index in [9.17, 15) is 18.0 Å². The Balaban J connectivity index is 0. The standard InChI is InChI=1S/C5H9F3N2O.ClH/c1-2(9)3(4(10)11)5(6,7)8;/h2-3H,9H2,1H3,(H2,10,11);1H. The van der Waals surface area contributed by atoms with E-state index < -0.39 is 24.0 Å². The molecule has 0 aliphatic carbocycles. The second kappa shape index (κ2) is 4.51. The van der Waals surface area contributed by atoms with Crippen LogP contribution in [0.25, 0.3) is 0 Å². The molecule has 0 aliphatic rings. The molecule has 7 heteroatoms. The Morgan fingerprint density at radius 3 is 1.75 bits per heavy atom. The minimum absolute atomic E-state index is 0. The third-order valence-electron chi connectivity index (χ3n) is 1.18. The zero-order chi connectivity index (χ0) is 9.23. The molecule has 0 saturated carbocycles. The number of halogens is 4. The second-order valence-electron chi connectivity index (χ2n) is 2.28. The maximum atomic E-state index is 11.8. The molecule has 0 aromatic carbocycles. The molecule has 1 amide bonds. The average molecular weight is 207 g/mol. The van der Waals surface area contributed by atoms with Gasteiger partial charge in [-0.1, -0.05) is 0 Å². The van der Waals surface area contributed by atoms with Crippen LogP contribution in [0.2, 0.25) is 0 Å². The van der Waals surface area contributed by atoms with E-state index in [1.165, 1.54) is 0 Å². The minimum Gasteiger partial charge on any atom is -0.369 e. The summed E-state index contributed by atoms with van der Waals surface area (Å²) in [5, 5.41) is 0. The van der Waals surface area contributed by atoms with E-state index in [0.717, 1.165) is 6.92 Å². The van der Waals surface area contributed by atoms with Crippen molar-refractivity contribution in [1.29, 1.82) is 0 Å². The van der Waals surface area contributed by atoms with Crippen LogP contribution >= 0.6 is 12.4 Å². The molecule has 0 heterocycles. The molecule has 0 radical (unpaired) electrons. The third-order valence-corrected chi connectivity index (χ3v) is 1.18. The molecule has 0 aliphatic heterocycles. The van der Waals surface area contributed by atoms with Gasteiger partial charge in [-0.2, -0.15) is 13.2 Å². The van der Waals surface area contributed by atoms with Gasteiger partial charge < -0.3 is 11.5 Å². The van der Waals surface area contributed by atoms with Crippen molar-refractivity contribution in [1.82, 2.24) is 0 Å². The zero-order valence-electron chi connectivity index (χ0n) is 6.26. The minimum atomic E-state index is -4.64. The van der Waals surface area contributed by atoms with Crippen LogP contribution in [0, 0.1) is 5.92 Å². The molecular weight excluding hydrogens is 197 g/mol. The monoisotopic (exact) mass is 206 g/mol. The maximum Gasteiger partial charge on any atom is 0.401 e. The third kappa shape index (κ3) is 3.77. The fourth-order valence-electron chi connectivity index (χ4n) is 0.719. The van der Waals surface area contributed by atoms with Gasteiger partial charge in [-0.25, -0.2) is 0 Å². The summed E-state index contributed by atoms with van der Waals surface area (Å²) in [6.07, 6.45) is -4.64. The Morgan fingerprint density at radius 1 is 1.42 bits per heavy atom. The van der Waals surface area contributed by atoms with Crippen LogP contribution in [0.4, 0.5) is 13.2 Å². The summed E-state index contributed by atoms with van der Waals surface area (Å²) in [4.78, 5) is 10.2. The van der Waals surface area contributed by atoms with E-state index in [1.807, 2.05) is 0 Å². The van der Waals surface area contributed by atoms with Crippen molar-refractivity contribution in [2.24, 2.45) is 17.4 Å². The Bertz CT molecular complexity index is 159. The maximum absolute atomic E-state index is 11.8. The number of nitrogens with two attached hydrogens (primary N) is 2. The van der Waals surface area contributed by atoms with Crippen LogP contribution in [0.5, 0.6) is 0 Å². The van der Waals surface area contributed by atoms with Gasteiger partial charge in [0.05, 0.1) is 0 Å². The first-order chi connectivity index (χ1) is 4.76. The zero-order valence-corrected chi connectivity index (χ0v) is 7.08. The molecule has 2 atom stereocenters. The van der Waals surface area contributed by atoms with Crippen LogP contribution in [-0.2, 0) is 4.79 Å². The molecule has 4 N–H and O–H groups in total. The van der Waals surface area contributed by atoms with Gasteiger partial charge in [0.1, 0.15) is 5.92 Å². The van der Waals surface area contributed by atoms with Crippen molar-refractivity contribution in [3.05, 3.63) is 0 Å². The van der Waals surface area contributed by atoms with Gasteiger partial charge in [-0.15, -0.1) is 12.4 Å². The van der Waals surface area contributed by atoms with E-state index in [0.29, 0.717) is 0 Å². The van der Waals surface area contributed by atoms with Gasteiger partial charge in [0.15, 0.2) is 0 Å². The van der Waals surface area contributed by atoms with Crippen LogP contribution in [0.3, 0.4) is 0 Å². The highest BCUT2D eigenvalue weighted by atomic mass is 35.5. The van der Waals surface area contributed by atoms with Gasteiger partial charge in [0, 0.05) is 6.04 Å².